The number of hydrogen-bond donors (Lipinski definition) is 1. The van der Waals surface area contributed by atoms with Gasteiger partial charge in [-0.1, -0.05) is 6.07 Å². The fourth-order valence-electron chi connectivity index (χ4n) is 0.862. The highest BCUT2D eigenvalue weighted by Crippen LogP contribution is 2.16. The zero-order valence-electron chi connectivity index (χ0n) is 6.71. The lowest BCUT2D eigenvalue weighted by atomic mass is 10.2. The molecule has 0 aliphatic carbocycles. The molecule has 0 spiro atoms. The predicted octanol–water partition coefficient (Wildman–Crippen LogP) is 1.22. The number of ether oxygens (including phenoxy) is 1. The minimum atomic E-state index is -0.375. The van der Waals surface area contributed by atoms with Crippen molar-refractivity contribution in [2.24, 2.45) is 5.90 Å². The zero-order valence-corrected chi connectivity index (χ0v) is 6.71. The zero-order chi connectivity index (χ0) is 8.97. The van der Waals surface area contributed by atoms with Gasteiger partial charge in [0, 0.05) is 11.6 Å². The molecule has 0 fully saturated rings. The molecular formula is C8H10FNO2. The summed E-state index contributed by atoms with van der Waals surface area (Å²) in [7, 11) is 1.48. The normalized spacial score (nSPS) is 9.92. The summed E-state index contributed by atoms with van der Waals surface area (Å²) < 4.78 is 17.8. The Balaban J connectivity index is 2.87. The van der Waals surface area contributed by atoms with Crippen LogP contribution in [-0.4, -0.2) is 7.11 Å². The van der Waals surface area contributed by atoms with Gasteiger partial charge in [-0.2, -0.15) is 0 Å². The molecule has 1 aromatic rings. The van der Waals surface area contributed by atoms with Crippen LogP contribution >= 0.6 is 0 Å². The van der Waals surface area contributed by atoms with Crippen molar-refractivity contribution in [3.8, 4) is 5.75 Å². The largest absolute Gasteiger partial charge is 0.497 e. The maximum atomic E-state index is 13.0. The van der Waals surface area contributed by atoms with Crippen LogP contribution < -0.4 is 10.6 Å². The van der Waals surface area contributed by atoms with E-state index in [1.165, 1.54) is 13.2 Å². The van der Waals surface area contributed by atoms with Gasteiger partial charge < -0.3 is 4.74 Å². The lowest BCUT2D eigenvalue weighted by molar-refractivity contribution is 0.121. The molecule has 3 nitrogen and oxygen atoms in total. The molecular weight excluding hydrogens is 161 g/mol. The summed E-state index contributed by atoms with van der Waals surface area (Å²) in [6.07, 6.45) is 0. The number of methoxy groups -OCH3 is 1. The quantitative estimate of drug-likeness (QED) is 0.695. The van der Waals surface area contributed by atoms with Gasteiger partial charge in [-0.05, 0) is 6.07 Å². The van der Waals surface area contributed by atoms with Crippen LogP contribution in [0.2, 0.25) is 0 Å². The van der Waals surface area contributed by atoms with E-state index in [2.05, 4.69) is 4.84 Å². The fourth-order valence-corrected chi connectivity index (χ4v) is 0.862. The summed E-state index contributed by atoms with van der Waals surface area (Å²) in [4.78, 5) is 4.30. The van der Waals surface area contributed by atoms with Crippen molar-refractivity contribution < 1.29 is 14.0 Å². The SMILES string of the molecule is COc1ccc(CON)c(F)c1. The van der Waals surface area contributed by atoms with Crippen molar-refractivity contribution >= 4 is 0 Å². The molecule has 0 amide bonds. The summed E-state index contributed by atoms with van der Waals surface area (Å²) in [5.74, 6) is 4.91. The van der Waals surface area contributed by atoms with Crippen LogP contribution in [0.1, 0.15) is 5.56 Å². The average molecular weight is 171 g/mol. The van der Waals surface area contributed by atoms with E-state index in [9.17, 15) is 4.39 Å². The van der Waals surface area contributed by atoms with Gasteiger partial charge in [0.25, 0.3) is 0 Å². The van der Waals surface area contributed by atoms with Gasteiger partial charge in [0.05, 0.1) is 13.7 Å². The first kappa shape index (κ1) is 8.96. The Morgan fingerprint density at radius 3 is 2.75 bits per heavy atom. The van der Waals surface area contributed by atoms with E-state index in [0.29, 0.717) is 11.3 Å². The molecule has 0 saturated heterocycles. The first-order chi connectivity index (χ1) is 5.77. The monoisotopic (exact) mass is 171 g/mol. The molecule has 0 atom stereocenters. The maximum absolute atomic E-state index is 13.0. The molecule has 2 N–H and O–H groups in total. The maximum Gasteiger partial charge on any atom is 0.132 e. The summed E-state index contributed by atoms with van der Waals surface area (Å²) in [5.41, 5.74) is 0.415. The van der Waals surface area contributed by atoms with Crippen LogP contribution in [0.15, 0.2) is 18.2 Å². The summed E-state index contributed by atoms with van der Waals surface area (Å²) in [6, 6.07) is 4.51. The highest BCUT2D eigenvalue weighted by Gasteiger charge is 2.02. The summed E-state index contributed by atoms with van der Waals surface area (Å²) in [5, 5.41) is 0. The summed E-state index contributed by atoms with van der Waals surface area (Å²) >= 11 is 0. The van der Waals surface area contributed by atoms with Gasteiger partial charge in [-0.25, -0.2) is 10.3 Å². The van der Waals surface area contributed by atoms with Gasteiger partial charge in [0.15, 0.2) is 0 Å². The highest BCUT2D eigenvalue weighted by atomic mass is 19.1. The van der Waals surface area contributed by atoms with E-state index in [1.54, 1.807) is 12.1 Å². The number of rotatable bonds is 3. The second-order valence-corrected chi connectivity index (χ2v) is 2.27. The van der Waals surface area contributed by atoms with Crippen molar-refractivity contribution in [1.29, 1.82) is 0 Å². The van der Waals surface area contributed by atoms with Crippen molar-refractivity contribution in [3.63, 3.8) is 0 Å². The van der Waals surface area contributed by atoms with Crippen LogP contribution in [0, 0.1) is 5.82 Å². The Labute approximate surface area is 69.8 Å². The van der Waals surface area contributed by atoms with Crippen LogP contribution in [0.3, 0.4) is 0 Å². The Morgan fingerprint density at radius 1 is 1.50 bits per heavy atom. The van der Waals surface area contributed by atoms with Crippen molar-refractivity contribution in [3.05, 3.63) is 29.6 Å². The van der Waals surface area contributed by atoms with E-state index in [0.717, 1.165) is 0 Å². The lowest BCUT2D eigenvalue weighted by Gasteiger charge is -2.03. The molecule has 0 heterocycles. The number of nitrogens with two attached hydrogens (primary N) is 1. The molecule has 1 rings (SSSR count). The molecule has 4 heteroatoms. The van der Waals surface area contributed by atoms with Crippen LogP contribution in [-0.2, 0) is 11.4 Å². The summed E-state index contributed by atoms with van der Waals surface area (Å²) in [6.45, 7) is 0.0653. The minimum absolute atomic E-state index is 0.0653. The number of halogens is 1. The molecule has 0 aliphatic heterocycles. The molecule has 12 heavy (non-hydrogen) atoms. The van der Waals surface area contributed by atoms with Crippen LogP contribution in [0.4, 0.5) is 4.39 Å². The molecule has 0 aliphatic rings. The Bertz CT molecular complexity index is 265. The van der Waals surface area contributed by atoms with Crippen LogP contribution in [0.25, 0.3) is 0 Å². The van der Waals surface area contributed by atoms with E-state index >= 15 is 0 Å². The van der Waals surface area contributed by atoms with Crippen molar-refractivity contribution in [2.75, 3.05) is 7.11 Å². The molecule has 0 aromatic heterocycles. The minimum Gasteiger partial charge on any atom is -0.497 e. The van der Waals surface area contributed by atoms with E-state index in [-0.39, 0.29) is 12.4 Å². The molecule has 0 bridgehead atoms. The second kappa shape index (κ2) is 4.04. The smallest absolute Gasteiger partial charge is 0.132 e. The van der Waals surface area contributed by atoms with Crippen molar-refractivity contribution in [2.45, 2.75) is 6.61 Å². The fraction of sp³-hybridized carbons (Fsp3) is 0.250. The lowest BCUT2D eigenvalue weighted by Crippen LogP contribution is -2.01. The molecule has 0 radical (unpaired) electrons. The second-order valence-electron chi connectivity index (χ2n) is 2.27. The Hall–Kier alpha value is -1.13. The molecule has 1 aromatic carbocycles. The number of hydrogen-bond acceptors (Lipinski definition) is 3. The third-order valence-corrected chi connectivity index (χ3v) is 1.50. The third-order valence-electron chi connectivity index (χ3n) is 1.50. The first-order valence-corrected chi connectivity index (χ1v) is 3.42. The standard InChI is InChI=1S/C8H10FNO2/c1-11-7-3-2-6(5-12-10)8(9)4-7/h2-4H,5,10H2,1H3. The van der Waals surface area contributed by atoms with E-state index < -0.39 is 0 Å². The Kier molecular flexibility index (Phi) is 3.01. The van der Waals surface area contributed by atoms with Gasteiger partial charge in [0.2, 0.25) is 0 Å². The van der Waals surface area contributed by atoms with Crippen LogP contribution in [0.5, 0.6) is 5.75 Å². The van der Waals surface area contributed by atoms with Gasteiger partial charge in [-0.15, -0.1) is 0 Å². The molecule has 66 valence electrons. The first-order valence-electron chi connectivity index (χ1n) is 3.42. The van der Waals surface area contributed by atoms with Gasteiger partial charge >= 0.3 is 0 Å². The molecule has 0 saturated carbocycles. The molecule has 0 unspecified atom stereocenters. The van der Waals surface area contributed by atoms with Gasteiger partial charge in [0.1, 0.15) is 11.6 Å². The third kappa shape index (κ3) is 1.93. The Morgan fingerprint density at radius 2 is 2.25 bits per heavy atom. The van der Waals surface area contributed by atoms with Crippen molar-refractivity contribution in [1.82, 2.24) is 0 Å². The predicted molar refractivity (Wildman–Crippen MR) is 41.9 cm³/mol. The van der Waals surface area contributed by atoms with E-state index in [1.807, 2.05) is 0 Å². The topological polar surface area (TPSA) is 44.5 Å². The number of benzene rings is 1. The van der Waals surface area contributed by atoms with E-state index in [4.69, 9.17) is 10.6 Å². The average Bonchev–Trinajstić information content (AvgIpc) is 2.09. The highest BCUT2D eigenvalue weighted by molar-refractivity contribution is 5.28. The van der Waals surface area contributed by atoms with Gasteiger partial charge in [-0.3, -0.25) is 4.84 Å².